The molecule has 3 fully saturated rings. The summed E-state index contributed by atoms with van der Waals surface area (Å²) in [6, 6.07) is 17.0. The standard InChI is InChI=1S/C53H69N9O7S/c1-32-25-40(17-15-37(32)27-54)69-50-52(7,8)49(53(50,9)10)59-46(65)38-16-18-42(55-28-38)61-21-19-60(20-22-61)23-24-68-30-43(64)58-45(51(4,5)6)48(67)62-29-39(63)26-41(62)47(66)57-33(2)35-11-13-36(14-12-35)44-34(3)56-31-70-44/h11-18,25,28,31,33,39,41,45,49-50,63H,19-24,26,29-30H2,1-10H3,(H,57,66)(H,58,64)(H,59,65)/t33-,39+,41-,45+,49?,50?/m0/s1. The Kier molecular flexibility index (Phi) is 15.7. The first-order chi connectivity index (χ1) is 33.1. The van der Waals surface area contributed by atoms with E-state index in [4.69, 9.17) is 9.47 Å². The Bertz CT molecular complexity index is 2540. The van der Waals surface area contributed by atoms with Crippen molar-refractivity contribution in [3.8, 4) is 22.3 Å². The van der Waals surface area contributed by atoms with Gasteiger partial charge in [0.2, 0.25) is 17.7 Å². The number of hydrogen-bond acceptors (Lipinski definition) is 13. The number of benzene rings is 2. The van der Waals surface area contributed by atoms with Crippen molar-refractivity contribution in [1.29, 1.82) is 5.26 Å². The summed E-state index contributed by atoms with van der Waals surface area (Å²) >= 11 is 1.57. The van der Waals surface area contributed by atoms with Crippen LogP contribution in [-0.4, -0.2) is 131 Å². The maximum atomic E-state index is 14.1. The molecule has 7 rings (SSSR count). The minimum absolute atomic E-state index is 0.0163. The third kappa shape index (κ3) is 11.5. The maximum Gasteiger partial charge on any atom is 0.253 e. The molecule has 4 atom stereocenters. The SMILES string of the molecule is Cc1cc(OC2C(C)(C)C(NC(=O)c3ccc(N4CCN(CCOCC(=O)N[C@H](C(=O)N5C[C@H](O)C[C@H]5C(=O)N[C@@H](C)c5ccc(-c6scnc6C)cc5)C(C)(C)C)CC4)nc3)C2(C)C)ccc1C#N. The van der Waals surface area contributed by atoms with Crippen LogP contribution in [0.3, 0.4) is 0 Å². The molecule has 2 aromatic carbocycles. The molecule has 374 valence electrons. The molecular formula is C53H69N9O7S. The van der Waals surface area contributed by atoms with Crippen LogP contribution in [0.25, 0.3) is 10.4 Å². The first-order valence-corrected chi connectivity index (χ1v) is 25.0. The molecule has 0 spiro atoms. The van der Waals surface area contributed by atoms with Crippen molar-refractivity contribution in [3.63, 3.8) is 0 Å². The Balaban J connectivity index is 0.831. The van der Waals surface area contributed by atoms with E-state index in [1.54, 1.807) is 23.6 Å². The van der Waals surface area contributed by atoms with Gasteiger partial charge in [0.15, 0.2) is 0 Å². The van der Waals surface area contributed by atoms with E-state index < -0.39 is 35.4 Å². The lowest BCUT2D eigenvalue weighted by Crippen LogP contribution is -2.74. The number of ether oxygens (including phenoxy) is 2. The Hall–Kier alpha value is -5.93. The van der Waals surface area contributed by atoms with E-state index in [1.807, 2.05) is 95.6 Å². The molecule has 17 heteroatoms. The molecule has 4 aromatic rings. The third-order valence-electron chi connectivity index (χ3n) is 14.2. The fraction of sp³-hybridized carbons (Fsp3) is 0.528. The van der Waals surface area contributed by atoms with Crippen molar-refractivity contribution in [2.45, 2.75) is 112 Å². The van der Waals surface area contributed by atoms with E-state index in [9.17, 15) is 29.5 Å². The zero-order valence-corrected chi connectivity index (χ0v) is 43.0. The summed E-state index contributed by atoms with van der Waals surface area (Å²) in [6.45, 7) is 23.3. The number of thiazole rings is 1. The summed E-state index contributed by atoms with van der Waals surface area (Å²) in [5.74, 6) is 0.0580. The van der Waals surface area contributed by atoms with Crippen LogP contribution in [0, 0.1) is 41.4 Å². The van der Waals surface area contributed by atoms with Crippen LogP contribution in [0.4, 0.5) is 5.82 Å². The average Bonchev–Trinajstić information content (AvgIpc) is 3.95. The summed E-state index contributed by atoms with van der Waals surface area (Å²) in [7, 11) is 0. The molecule has 70 heavy (non-hydrogen) atoms. The number of nitrogens with zero attached hydrogens (tertiary/aromatic N) is 6. The Morgan fingerprint density at radius 3 is 2.26 bits per heavy atom. The van der Waals surface area contributed by atoms with Gasteiger partial charge in [-0.25, -0.2) is 9.97 Å². The number of anilines is 1. The molecule has 1 aliphatic carbocycles. The molecule has 16 nitrogen and oxygen atoms in total. The van der Waals surface area contributed by atoms with E-state index in [0.29, 0.717) is 30.0 Å². The third-order valence-corrected chi connectivity index (χ3v) is 15.2. The highest BCUT2D eigenvalue weighted by atomic mass is 32.1. The van der Waals surface area contributed by atoms with Gasteiger partial charge in [-0.1, -0.05) is 72.7 Å². The topological polar surface area (TPSA) is 202 Å². The molecule has 0 radical (unpaired) electrons. The molecule has 2 aromatic heterocycles. The van der Waals surface area contributed by atoms with Crippen LogP contribution >= 0.6 is 11.3 Å². The number of likely N-dealkylation sites (tertiary alicyclic amines) is 1. The number of pyridine rings is 1. The van der Waals surface area contributed by atoms with Crippen molar-refractivity contribution in [2.75, 3.05) is 57.4 Å². The fourth-order valence-electron chi connectivity index (χ4n) is 10.5. The first-order valence-electron chi connectivity index (χ1n) is 24.2. The van der Waals surface area contributed by atoms with Crippen LogP contribution in [0.2, 0.25) is 0 Å². The highest BCUT2D eigenvalue weighted by Crippen LogP contribution is 2.55. The molecule has 4 heterocycles. The van der Waals surface area contributed by atoms with Gasteiger partial charge in [-0.15, -0.1) is 11.3 Å². The normalized spacial score (nSPS) is 21.7. The Morgan fingerprint density at radius 2 is 1.66 bits per heavy atom. The number of aryl methyl sites for hydroxylation is 2. The number of carbonyl (C=O) groups excluding carboxylic acids is 4. The molecule has 4 N–H and O–H groups in total. The number of aromatic nitrogens is 2. The highest BCUT2D eigenvalue weighted by molar-refractivity contribution is 7.13. The molecule has 0 unspecified atom stereocenters. The highest BCUT2D eigenvalue weighted by Gasteiger charge is 2.64. The smallest absolute Gasteiger partial charge is 0.253 e. The Morgan fingerprint density at radius 1 is 0.957 bits per heavy atom. The monoisotopic (exact) mass is 976 g/mol. The average molecular weight is 976 g/mol. The lowest BCUT2D eigenvalue weighted by molar-refractivity contribution is -0.164. The quantitative estimate of drug-likeness (QED) is 0.0983. The van der Waals surface area contributed by atoms with Gasteiger partial charge >= 0.3 is 0 Å². The van der Waals surface area contributed by atoms with Crippen molar-refractivity contribution in [2.24, 2.45) is 16.2 Å². The maximum absolute atomic E-state index is 14.1. The number of carbonyl (C=O) groups is 4. The van der Waals surface area contributed by atoms with Gasteiger partial charge in [0.05, 0.1) is 52.0 Å². The van der Waals surface area contributed by atoms with Gasteiger partial charge in [-0.05, 0) is 73.2 Å². The molecule has 1 saturated carbocycles. The van der Waals surface area contributed by atoms with Gasteiger partial charge in [0, 0.05) is 68.8 Å². The fourth-order valence-corrected chi connectivity index (χ4v) is 11.3. The van der Waals surface area contributed by atoms with Gasteiger partial charge in [-0.3, -0.25) is 24.1 Å². The number of rotatable bonds is 16. The summed E-state index contributed by atoms with van der Waals surface area (Å²) < 4.78 is 12.3. The molecular weight excluding hydrogens is 907 g/mol. The minimum Gasteiger partial charge on any atom is -0.489 e. The van der Waals surface area contributed by atoms with Crippen LogP contribution in [-0.2, 0) is 19.1 Å². The second kappa shape index (κ2) is 21.2. The lowest BCUT2D eigenvalue weighted by atomic mass is 9.49. The number of hydrogen-bond donors (Lipinski definition) is 4. The van der Waals surface area contributed by atoms with E-state index in [-0.39, 0.29) is 60.4 Å². The van der Waals surface area contributed by atoms with Crippen LogP contribution < -0.4 is 25.6 Å². The van der Waals surface area contributed by atoms with Crippen LogP contribution in [0.5, 0.6) is 5.75 Å². The van der Waals surface area contributed by atoms with Crippen molar-refractivity contribution in [1.82, 2.24) is 35.7 Å². The summed E-state index contributed by atoms with van der Waals surface area (Å²) in [5.41, 5.74) is 5.27. The summed E-state index contributed by atoms with van der Waals surface area (Å²) in [4.78, 5) is 70.5. The van der Waals surface area contributed by atoms with Crippen LogP contribution in [0.1, 0.15) is 101 Å². The number of amides is 4. The number of aliphatic hydroxyl groups excluding tert-OH is 1. The largest absolute Gasteiger partial charge is 0.489 e. The Labute approximate surface area is 416 Å². The number of piperazine rings is 1. The lowest BCUT2D eigenvalue weighted by Gasteiger charge is -2.63. The minimum atomic E-state index is -0.962. The zero-order valence-electron chi connectivity index (χ0n) is 42.2. The molecule has 3 aliphatic rings. The van der Waals surface area contributed by atoms with Crippen molar-refractivity contribution < 1.29 is 33.8 Å². The van der Waals surface area contributed by atoms with E-state index in [1.165, 1.54) is 4.90 Å². The number of nitrogens with one attached hydrogen (secondary N) is 3. The second-order valence-electron chi connectivity index (χ2n) is 21.3. The summed E-state index contributed by atoms with van der Waals surface area (Å²) in [5, 5.41) is 29.1. The first kappa shape index (κ1) is 51.9. The predicted octanol–water partition coefficient (Wildman–Crippen LogP) is 5.81. The van der Waals surface area contributed by atoms with E-state index in [2.05, 4.69) is 69.5 Å². The van der Waals surface area contributed by atoms with Gasteiger partial charge in [-0.2, -0.15) is 5.26 Å². The number of aliphatic hydroxyl groups is 1. The van der Waals surface area contributed by atoms with E-state index >= 15 is 0 Å². The van der Waals surface area contributed by atoms with Crippen molar-refractivity contribution >= 4 is 40.8 Å². The summed E-state index contributed by atoms with van der Waals surface area (Å²) in [6.07, 6.45) is 0.677. The van der Waals surface area contributed by atoms with Gasteiger partial charge in [0.1, 0.15) is 36.4 Å². The zero-order chi connectivity index (χ0) is 50.7. The molecule has 2 saturated heterocycles. The van der Waals surface area contributed by atoms with Gasteiger partial charge in [0.25, 0.3) is 5.91 Å². The molecule has 2 aliphatic heterocycles. The molecule has 0 bridgehead atoms. The molecule has 4 amide bonds. The van der Waals surface area contributed by atoms with Gasteiger partial charge < -0.3 is 40.3 Å². The number of nitriles is 1. The number of β-amino-alcohol motifs (C(OH)–C–C–N with tert-alkyl or cyclic N) is 1. The van der Waals surface area contributed by atoms with Crippen LogP contribution in [0.15, 0.2) is 66.3 Å². The second-order valence-corrected chi connectivity index (χ2v) is 22.2. The van der Waals surface area contributed by atoms with Crippen molar-refractivity contribution in [3.05, 3.63) is 94.3 Å². The van der Waals surface area contributed by atoms with E-state index in [0.717, 1.165) is 59.3 Å². The predicted molar refractivity (Wildman–Crippen MR) is 269 cm³/mol.